The van der Waals surface area contributed by atoms with Crippen molar-refractivity contribution in [1.29, 1.82) is 0 Å². The van der Waals surface area contributed by atoms with Gasteiger partial charge in [0.2, 0.25) is 11.2 Å². The Morgan fingerprint density at radius 3 is 2.44 bits per heavy atom. The van der Waals surface area contributed by atoms with Crippen molar-refractivity contribution in [2.75, 3.05) is 26.1 Å². The van der Waals surface area contributed by atoms with Gasteiger partial charge in [-0.25, -0.2) is 4.39 Å². The zero-order valence-electron chi connectivity index (χ0n) is 19.1. The zero-order valence-corrected chi connectivity index (χ0v) is 19.1. The number of halogens is 4. The first-order valence-corrected chi connectivity index (χ1v) is 10.5. The maximum Gasteiger partial charge on any atom is 0.421 e. The molecule has 2 aromatic carbocycles. The normalized spacial score (nSPS) is 14.6. The van der Waals surface area contributed by atoms with Crippen LogP contribution in [0.15, 0.2) is 41.2 Å². The molecule has 184 valence electrons. The van der Waals surface area contributed by atoms with Gasteiger partial charge in [-0.05, 0) is 42.7 Å². The second-order valence-electron chi connectivity index (χ2n) is 8.03. The topological polar surface area (TPSA) is 83.6 Å². The summed E-state index contributed by atoms with van der Waals surface area (Å²) < 4.78 is 67.7. The Balaban J connectivity index is 2.33. The number of alkyl halides is 3. The molecule has 0 spiro atoms. The summed E-state index contributed by atoms with van der Waals surface area (Å²) in [5, 5.41) is 14.2. The van der Waals surface area contributed by atoms with E-state index in [0.29, 0.717) is 17.3 Å². The van der Waals surface area contributed by atoms with E-state index in [1.165, 1.54) is 31.2 Å². The Kier molecular flexibility index (Phi) is 7.23. The molecule has 0 radical (unpaired) electrons. The third kappa shape index (κ3) is 4.60. The third-order valence-electron chi connectivity index (χ3n) is 5.78. The van der Waals surface area contributed by atoms with Gasteiger partial charge < -0.3 is 24.9 Å². The van der Waals surface area contributed by atoms with Crippen LogP contribution < -0.4 is 15.6 Å². The minimum Gasteiger partial charge on any atom is -0.493 e. The molecule has 0 aliphatic heterocycles. The Bertz CT molecular complexity index is 1240. The predicted molar refractivity (Wildman–Crippen MR) is 121 cm³/mol. The molecule has 1 aromatic heterocycles. The van der Waals surface area contributed by atoms with Gasteiger partial charge in [-0.3, -0.25) is 4.79 Å². The number of aryl methyl sites for hydroxylation is 2. The fourth-order valence-corrected chi connectivity index (χ4v) is 3.92. The van der Waals surface area contributed by atoms with Crippen molar-refractivity contribution in [1.82, 2.24) is 4.98 Å². The van der Waals surface area contributed by atoms with Crippen LogP contribution >= 0.6 is 0 Å². The van der Waals surface area contributed by atoms with Gasteiger partial charge in [0, 0.05) is 29.8 Å². The van der Waals surface area contributed by atoms with Gasteiger partial charge in [-0.15, -0.1) is 0 Å². The number of aromatic amines is 1. The lowest BCUT2D eigenvalue weighted by Crippen LogP contribution is -2.56. The fourth-order valence-electron chi connectivity index (χ4n) is 3.92. The number of benzene rings is 2. The summed E-state index contributed by atoms with van der Waals surface area (Å²) in [7, 11) is 2.16. The molecule has 0 saturated carbocycles. The van der Waals surface area contributed by atoms with E-state index in [0.717, 1.165) is 19.8 Å². The number of rotatable bonds is 8. The molecule has 0 aliphatic carbocycles. The van der Waals surface area contributed by atoms with Crippen molar-refractivity contribution in [3.8, 4) is 5.75 Å². The quantitative estimate of drug-likeness (QED) is 0.408. The standard InChI is InChI=1S/C24H26F4N2O4/c1-5-14-10-17-15(8-9-19(31)29-17)18(11-14)30-22(23(32,12-33-3)24(26,27)28)16-7-6-13(2)20(25)21(16)34-4/h6-11,22,30,32H,5,12H2,1-4H3,(H,29,31). The second kappa shape index (κ2) is 9.63. The van der Waals surface area contributed by atoms with Gasteiger partial charge >= 0.3 is 6.18 Å². The summed E-state index contributed by atoms with van der Waals surface area (Å²) in [6, 6.07) is 6.69. The average Bonchev–Trinajstić information content (AvgIpc) is 2.78. The summed E-state index contributed by atoms with van der Waals surface area (Å²) >= 11 is 0. The van der Waals surface area contributed by atoms with Crippen LogP contribution in [0.1, 0.15) is 29.7 Å². The largest absolute Gasteiger partial charge is 0.493 e. The van der Waals surface area contributed by atoms with Crippen LogP contribution in [0, 0.1) is 12.7 Å². The van der Waals surface area contributed by atoms with E-state index < -0.39 is 36.0 Å². The molecule has 2 unspecified atom stereocenters. The van der Waals surface area contributed by atoms with Crippen LogP contribution in [0.25, 0.3) is 10.9 Å². The molecule has 0 bridgehead atoms. The molecule has 2 atom stereocenters. The molecule has 0 aliphatic rings. The van der Waals surface area contributed by atoms with Crippen LogP contribution in [-0.4, -0.2) is 42.7 Å². The predicted octanol–water partition coefficient (Wildman–Crippen LogP) is 4.64. The highest BCUT2D eigenvalue weighted by atomic mass is 19.4. The molecule has 0 fully saturated rings. The van der Waals surface area contributed by atoms with Crippen molar-refractivity contribution >= 4 is 16.6 Å². The maximum atomic E-state index is 14.9. The minimum atomic E-state index is -5.17. The van der Waals surface area contributed by atoms with Crippen molar-refractivity contribution < 1.29 is 32.1 Å². The lowest BCUT2D eigenvalue weighted by atomic mass is 9.86. The molecule has 34 heavy (non-hydrogen) atoms. The first kappa shape index (κ1) is 25.5. The number of pyridine rings is 1. The molecule has 3 N–H and O–H groups in total. The summed E-state index contributed by atoms with van der Waals surface area (Å²) in [5.74, 6) is -1.27. The van der Waals surface area contributed by atoms with Crippen molar-refractivity contribution in [3.05, 3.63) is 69.3 Å². The van der Waals surface area contributed by atoms with Gasteiger partial charge in [0.05, 0.1) is 25.3 Å². The van der Waals surface area contributed by atoms with E-state index in [1.54, 1.807) is 12.1 Å². The Labute approximate surface area is 193 Å². The van der Waals surface area contributed by atoms with E-state index in [2.05, 4.69) is 10.3 Å². The Morgan fingerprint density at radius 1 is 1.15 bits per heavy atom. The van der Waals surface area contributed by atoms with Gasteiger partial charge in [-0.2, -0.15) is 13.2 Å². The lowest BCUT2D eigenvalue weighted by Gasteiger charge is -2.39. The molecule has 0 saturated heterocycles. The lowest BCUT2D eigenvalue weighted by molar-refractivity contribution is -0.279. The van der Waals surface area contributed by atoms with Crippen LogP contribution in [0.4, 0.5) is 23.2 Å². The monoisotopic (exact) mass is 482 g/mol. The molecule has 1 heterocycles. The summed E-state index contributed by atoms with van der Waals surface area (Å²) in [6.45, 7) is 2.16. The molecule has 6 nitrogen and oxygen atoms in total. The number of aromatic nitrogens is 1. The number of ether oxygens (including phenoxy) is 2. The average molecular weight is 482 g/mol. The molecular weight excluding hydrogens is 456 g/mol. The van der Waals surface area contributed by atoms with Crippen LogP contribution in [0.5, 0.6) is 5.75 Å². The van der Waals surface area contributed by atoms with E-state index in [9.17, 15) is 27.5 Å². The molecular formula is C24H26F4N2O4. The highest BCUT2D eigenvalue weighted by molar-refractivity contribution is 5.92. The number of anilines is 1. The van der Waals surface area contributed by atoms with Crippen molar-refractivity contribution in [2.24, 2.45) is 0 Å². The summed E-state index contributed by atoms with van der Waals surface area (Å²) in [5.41, 5.74) is -2.60. The number of aliphatic hydroxyl groups is 1. The second-order valence-corrected chi connectivity index (χ2v) is 8.03. The van der Waals surface area contributed by atoms with E-state index in [1.807, 2.05) is 6.92 Å². The van der Waals surface area contributed by atoms with Gasteiger partial charge in [0.1, 0.15) is 0 Å². The third-order valence-corrected chi connectivity index (χ3v) is 5.78. The molecule has 10 heteroatoms. The van der Waals surface area contributed by atoms with E-state index >= 15 is 0 Å². The first-order valence-electron chi connectivity index (χ1n) is 10.5. The number of hydrogen-bond acceptors (Lipinski definition) is 5. The summed E-state index contributed by atoms with van der Waals surface area (Å²) in [4.78, 5) is 14.5. The minimum absolute atomic E-state index is 0.164. The maximum absolute atomic E-state index is 14.9. The number of nitrogens with one attached hydrogen (secondary N) is 2. The molecule has 3 rings (SSSR count). The van der Waals surface area contributed by atoms with Crippen LogP contribution in [0.2, 0.25) is 0 Å². The number of hydrogen-bond donors (Lipinski definition) is 3. The number of H-pyrrole nitrogens is 1. The smallest absolute Gasteiger partial charge is 0.421 e. The van der Waals surface area contributed by atoms with Gasteiger partial charge in [0.15, 0.2) is 11.6 Å². The van der Waals surface area contributed by atoms with E-state index in [4.69, 9.17) is 9.47 Å². The number of methoxy groups -OCH3 is 2. The Hall–Kier alpha value is -3.11. The zero-order chi connectivity index (χ0) is 25.3. The van der Waals surface area contributed by atoms with Crippen molar-refractivity contribution in [2.45, 2.75) is 38.1 Å². The molecule has 3 aromatic rings. The van der Waals surface area contributed by atoms with Crippen LogP contribution in [-0.2, 0) is 11.2 Å². The summed E-state index contributed by atoms with van der Waals surface area (Å²) in [6.07, 6.45) is -4.64. The van der Waals surface area contributed by atoms with Crippen molar-refractivity contribution in [3.63, 3.8) is 0 Å². The highest BCUT2D eigenvalue weighted by Gasteiger charge is 2.60. The van der Waals surface area contributed by atoms with Gasteiger partial charge in [0.25, 0.3) is 0 Å². The van der Waals surface area contributed by atoms with Gasteiger partial charge in [-0.1, -0.05) is 19.1 Å². The SMILES string of the molecule is CCc1cc(NC(c2ccc(C)c(F)c2OC)C(O)(COC)C(F)(F)F)c2ccc(=O)[nH]c2c1. The fraction of sp³-hybridized carbons (Fsp3) is 0.375. The molecule has 0 amide bonds. The van der Waals surface area contributed by atoms with Crippen LogP contribution in [0.3, 0.4) is 0 Å². The number of fused-ring (bicyclic) bond motifs is 1. The van der Waals surface area contributed by atoms with E-state index in [-0.39, 0.29) is 22.4 Å². The highest BCUT2D eigenvalue weighted by Crippen LogP contribution is 2.46. The first-order chi connectivity index (χ1) is 16.0. The Morgan fingerprint density at radius 2 is 1.85 bits per heavy atom.